The SMILES string of the molecule is CC1CCCCN1S(=O)(=O)N1CCCC(CCCl)C1. The van der Waals surface area contributed by atoms with E-state index in [1.54, 1.807) is 8.61 Å². The van der Waals surface area contributed by atoms with Crippen LogP contribution in [0.2, 0.25) is 0 Å². The van der Waals surface area contributed by atoms with Crippen molar-refractivity contribution in [2.75, 3.05) is 25.5 Å². The van der Waals surface area contributed by atoms with Crippen molar-refractivity contribution < 1.29 is 8.42 Å². The Morgan fingerprint density at radius 2 is 1.95 bits per heavy atom. The van der Waals surface area contributed by atoms with Crippen molar-refractivity contribution in [2.24, 2.45) is 5.92 Å². The zero-order valence-electron chi connectivity index (χ0n) is 11.7. The molecule has 0 N–H and O–H groups in total. The Bertz CT molecular complexity index is 386. The normalized spacial score (nSPS) is 31.5. The van der Waals surface area contributed by atoms with Gasteiger partial charge in [-0.25, -0.2) is 0 Å². The highest BCUT2D eigenvalue weighted by Crippen LogP contribution is 2.27. The third-order valence-electron chi connectivity index (χ3n) is 4.36. The van der Waals surface area contributed by atoms with Crippen molar-refractivity contribution >= 4 is 21.8 Å². The molecule has 19 heavy (non-hydrogen) atoms. The Morgan fingerprint density at radius 3 is 2.63 bits per heavy atom. The summed E-state index contributed by atoms with van der Waals surface area (Å²) in [5.74, 6) is 1.06. The molecule has 2 heterocycles. The molecular weight excluding hydrogens is 284 g/mol. The van der Waals surface area contributed by atoms with Crippen LogP contribution in [-0.2, 0) is 10.2 Å². The number of nitrogens with zero attached hydrogens (tertiary/aromatic N) is 2. The highest BCUT2D eigenvalue weighted by molar-refractivity contribution is 7.86. The van der Waals surface area contributed by atoms with Crippen LogP contribution in [0.1, 0.15) is 45.4 Å². The smallest absolute Gasteiger partial charge is 0.195 e. The van der Waals surface area contributed by atoms with Gasteiger partial charge in [-0.15, -0.1) is 11.6 Å². The van der Waals surface area contributed by atoms with Gasteiger partial charge >= 0.3 is 0 Å². The van der Waals surface area contributed by atoms with E-state index in [0.717, 1.165) is 38.5 Å². The quantitative estimate of drug-likeness (QED) is 0.749. The monoisotopic (exact) mass is 308 g/mol. The molecule has 2 fully saturated rings. The van der Waals surface area contributed by atoms with Gasteiger partial charge in [0.25, 0.3) is 10.2 Å². The van der Waals surface area contributed by atoms with Gasteiger partial charge in [0.2, 0.25) is 0 Å². The Balaban J connectivity index is 2.05. The number of piperidine rings is 2. The average molecular weight is 309 g/mol. The first-order chi connectivity index (χ1) is 9.05. The summed E-state index contributed by atoms with van der Waals surface area (Å²) in [5.41, 5.74) is 0. The van der Waals surface area contributed by atoms with Gasteiger partial charge in [-0.3, -0.25) is 0 Å². The van der Waals surface area contributed by atoms with E-state index in [4.69, 9.17) is 11.6 Å². The van der Waals surface area contributed by atoms with Crippen molar-refractivity contribution in [3.05, 3.63) is 0 Å². The van der Waals surface area contributed by atoms with Gasteiger partial charge in [0.15, 0.2) is 0 Å². The fraction of sp³-hybridized carbons (Fsp3) is 1.00. The standard InChI is InChI=1S/C13H25ClN2O2S/c1-12-5-2-3-10-16(12)19(17,18)15-9-4-6-13(11-15)7-8-14/h12-13H,2-11H2,1H3. The van der Waals surface area contributed by atoms with E-state index in [9.17, 15) is 8.42 Å². The lowest BCUT2D eigenvalue weighted by Gasteiger charge is -2.39. The molecule has 0 spiro atoms. The van der Waals surface area contributed by atoms with E-state index < -0.39 is 10.2 Å². The molecular formula is C13H25ClN2O2S. The number of hydrogen-bond donors (Lipinski definition) is 0. The third-order valence-corrected chi connectivity index (χ3v) is 6.70. The van der Waals surface area contributed by atoms with Gasteiger partial charge in [0.1, 0.15) is 0 Å². The van der Waals surface area contributed by atoms with Crippen LogP contribution in [0, 0.1) is 5.92 Å². The Labute approximate surface area is 122 Å². The van der Waals surface area contributed by atoms with E-state index in [-0.39, 0.29) is 6.04 Å². The second-order valence-corrected chi connectivity index (χ2v) is 8.07. The fourth-order valence-corrected chi connectivity index (χ4v) is 5.47. The van der Waals surface area contributed by atoms with E-state index in [0.29, 0.717) is 31.4 Å². The molecule has 2 aliphatic rings. The summed E-state index contributed by atoms with van der Waals surface area (Å²) in [6, 6.07) is 0.146. The Morgan fingerprint density at radius 1 is 1.16 bits per heavy atom. The molecule has 2 atom stereocenters. The maximum absolute atomic E-state index is 12.7. The van der Waals surface area contributed by atoms with Gasteiger partial charge in [0.05, 0.1) is 0 Å². The zero-order valence-corrected chi connectivity index (χ0v) is 13.3. The Kier molecular flexibility index (Phi) is 5.52. The minimum atomic E-state index is -3.26. The molecule has 2 aliphatic heterocycles. The minimum absolute atomic E-state index is 0.146. The second-order valence-electron chi connectivity index (χ2n) is 5.81. The van der Waals surface area contributed by atoms with Crippen LogP contribution in [0.3, 0.4) is 0 Å². The molecule has 0 aliphatic carbocycles. The van der Waals surface area contributed by atoms with Crippen molar-refractivity contribution in [1.82, 2.24) is 8.61 Å². The summed E-state index contributed by atoms with van der Waals surface area (Å²) >= 11 is 5.79. The van der Waals surface area contributed by atoms with E-state index in [1.807, 2.05) is 6.92 Å². The first-order valence-electron chi connectivity index (χ1n) is 7.38. The molecule has 2 rings (SSSR count). The van der Waals surface area contributed by atoms with Gasteiger partial charge in [-0.05, 0) is 44.9 Å². The van der Waals surface area contributed by atoms with Crippen LogP contribution in [-0.4, -0.2) is 48.6 Å². The molecule has 0 saturated carbocycles. The first kappa shape index (κ1) is 15.5. The van der Waals surface area contributed by atoms with Gasteiger partial charge in [0, 0.05) is 31.6 Å². The molecule has 0 aromatic heterocycles. The average Bonchev–Trinajstić information content (AvgIpc) is 2.40. The lowest BCUT2D eigenvalue weighted by molar-refractivity contribution is 0.212. The highest BCUT2D eigenvalue weighted by atomic mass is 35.5. The largest absolute Gasteiger partial charge is 0.282 e. The molecule has 0 aromatic carbocycles. The predicted molar refractivity (Wildman–Crippen MR) is 78.6 cm³/mol. The maximum Gasteiger partial charge on any atom is 0.282 e. The predicted octanol–water partition coefficient (Wildman–Crippen LogP) is 2.45. The van der Waals surface area contributed by atoms with Crippen LogP contribution in [0.5, 0.6) is 0 Å². The molecule has 2 unspecified atom stereocenters. The fourth-order valence-electron chi connectivity index (χ4n) is 3.19. The summed E-state index contributed by atoms with van der Waals surface area (Å²) in [6.45, 7) is 4.03. The molecule has 112 valence electrons. The van der Waals surface area contributed by atoms with Crippen molar-refractivity contribution in [2.45, 2.75) is 51.5 Å². The number of hydrogen-bond acceptors (Lipinski definition) is 2. The summed E-state index contributed by atoms with van der Waals surface area (Å²) in [4.78, 5) is 0. The van der Waals surface area contributed by atoms with Crippen molar-refractivity contribution in [1.29, 1.82) is 0 Å². The second kappa shape index (κ2) is 6.74. The molecule has 0 bridgehead atoms. The number of alkyl halides is 1. The third kappa shape index (κ3) is 3.63. The van der Waals surface area contributed by atoms with Gasteiger partial charge in [-0.2, -0.15) is 17.0 Å². The Hall–Kier alpha value is 0.160. The topological polar surface area (TPSA) is 40.6 Å². The molecule has 6 heteroatoms. The van der Waals surface area contributed by atoms with Crippen molar-refractivity contribution in [3.63, 3.8) is 0 Å². The van der Waals surface area contributed by atoms with E-state index >= 15 is 0 Å². The zero-order chi connectivity index (χ0) is 13.9. The van der Waals surface area contributed by atoms with Crippen LogP contribution in [0.25, 0.3) is 0 Å². The molecule has 2 saturated heterocycles. The number of rotatable bonds is 4. The maximum atomic E-state index is 12.7. The molecule has 0 amide bonds. The van der Waals surface area contributed by atoms with Gasteiger partial charge in [-0.1, -0.05) is 6.42 Å². The highest BCUT2D eigenvalue weighted by Gasteiger charge is 2.36. The van der Waals surface area contributed by atoms with E-state index in [1.165, 1.54) is 0 Å². The molecule has 0 radical (unpaired) electrons. The van der Waals surface area contributed by atoms with Crippen LogP contribution in [0.4, 0.5) is 0 Å². The summed E-state index contributed by atoms with van der Waals surface area (Å²) in [6.07, 6.45) is 6.10. The molecule has 4 nitrogen and oxygen atoms in total. The summed E-state index contributed by atoms with van der Waals surface area (Å²) in [5, 5.41) is 0. The van der Waals surface area contributed by atoms with Crippen LogP contribution >= 0.6 is 11.6 Å². The summed E-state index contributed by atoms with van der Waals surface area (Å²) in [7, 11) is -3.26. The number of halogens is 1. The lowest BCUT2D eigenvalue weighted by atomic mass is 9.97. The first-order valence-corrected chi connectivity index (χ1v) is 9.31. The van der Waals surface area contributed by atoms with Gasteiger partial charge < -0.3 is 0 Å². The molecule has 0 aromatic rings. The van der Waals surface area contributed by atoms with E-state index in [2.05, 4.69) is 0 Å². The van der Waals surface area contributed by atoms with Crippen LogP contribution < -0.4 is 0 Å². The van der Waals surface area contributed by atoms with Crippen molar-refractivity contribution in [3.8, 4) is 0 Å². The lowest BCUT2D eigenvalue weighted by Crippen LogP contribution is -2.52. The summed E-state index contributed by atoms with van der Waals surface area (Å²) < 4.78 is 28.8. The van der Waals surface area contributed by atoms with Crippen LogP contribution in [0.15, 0.2) is 0 Å². The minimum Gasteiger partial charge on any atom is -0.195 e.